The average molecular weight is 396 g/mol. The SMILES string of the molecule is Cc1nn(C)c2c1C(c1ccc(Br)cc1)N(Cc1ccccc1)C2=O. The van der Waals surface area contributed by atoms with Crippen molar-refractivity contribution in [1.29, 1.82) is 0 Å². The number of nitrogens with zero attached hydrogens (tertiary/aromatic N) is 3. The summed E-state index contributed by atoms with van der Waals surface area (Å²) in [5, 5.41) is 4.48. The number of hydrogen-bond acceptors (Lipinski definition) is 2. The Morgan fingerprint density at radius 1 is 1.08 bits per heavy atom. The van der Waals surface area contributed by atoms with Crippen LogP contribution in [0.1, 0.15) is 38.9 Å². The molecule has 2 aromatic carbocycles. The lowest BCUT2D eigenvalue weighted by Crippen LogP contribution is -2.29. The zero-order chi connectivity index (χ0) is 17.6. The summed E-state index contributed by atoms with van der Waals surface area (Å²) in [5.74, 6) is 0.0369. The van der Waals surface area contributed by atoms with Gasteiger partial charge in [0.1, 0.15) is 5.69 Å². The zero-order valence-corrected chi connectivity index (χ0v) is 15.7. The van der Waals surface area contributed by atoms with E-state index in [-0.39, 0.29) is 11.9 Å². The Morgan fingerprint density at radius 3 is 2.44 bits per heavy atom. The number of hydrogen-bond donors (Lipinski definition) is 0. The van der Waals surface area contributed by atoms with E-state index in [4.69, 9.17) is 0 Å². The molecular weight excluding hydrogens is 378 g/mol. The molecule has 2 heterocycles. The molecule has 1 aliphatic rings. The Bertz CT molecular complexity index is 932. The summed E-state index contributed by atoms with van der Waals surface area (Å²) in [6.07, 6.45) is 0. The maximum Gasteiger partial charge on any atom is 0.273 e. The standard InChI is InChI=1S/C20H18BrN3O/c1-13-17-18(15-8-10-16(21)11-9-15)24(12-14-6-4-3-5-7-14)20(25)19(17)23(2)22-13/h3-11,18H,12H2,1-2H3. The molecule has 4 nitrogen and oxygen atoms in total. The largest absolute Gasteiger partial charge is 0.322 e. The predicted octanol–water partition coefficient (Wildman–Crippen LogP) is 4.24. The third-order valence-electron chi connectivity index (χ3n) is 4.70. The van der Waals surface area contributed by atoms with Crippen LogP contribution in [-0.2, 0) is 13.6 Å². The number of aryl methyl sites for hydroxylation is 2. The van der Waals surface area contributed by atoms with Crippen molar-refractivity contribution < 1.29 is 4.79 Å². The smallest absolute Gasteiger partial charge is 0.273 e. The molecule has 0 saturated carbocycles. The van der Waals surface area contributed by atoms with Crippen LogP contribution in [0.25, 0.3) is 0 Å². The van der Waals surface area contributed by atoms with Gasteiger partial charge in [-0.3, -0.25) is 9.48 Å². The van der Waals surface area contributed by atoms with Crippen molar-refractivity contribution in [1.82, 2.24) is 14.7 Å². The summed E-state index contributed by atoms with van der Waals surface area (Å²) in [6.45, 7) is 2.55. The Hall–Kier alpha value is -2.40. The van der Waals surface area contributed by atoms with Crippen LogP contribution >= 0.6 is 15.9 Å². The van der Waals surface area contributed by atoms with Gasteiger partial charge in [0, 0.05) is 23.6 Å². The fourth-order valence-corrected chi connectivity index (χ4v) is 3.86. The van der Waals surface area contributed by atoms with E-state index in [1.807, 2.05) is 49.2 Å². The molecule has 126 valence electrons. The molecule has 5 heteroatoms. The van der Waals surface area contributed by atoms with Gasteiger partial charge < -0.3 is 4.90 Å². The molecule has 0 N–H and O–H groups in total. The minimum atomic E-state index is -0.107. The number of rotatable bonds is 3. The van der Waals surface area contributed by atoms with Crippen molar-refractivity contribution in [3.05, 3.63) is 87.1 Å². The lowest BCUT2D eigenvalue weighted by molar-refractivity contribution is 0.0725. The van der Waals surface area contributed by atoms with Gasteiger partial charge >= 0.3 is 0 Å². The molecule has 1 aliphatic heterocycles. The summed E-state index contributed by atoms with van der Waals surface area (Å²) in [4.78, 5) is 15.1. The molecule has 0 spiro atoms. The molecule has 0 saturated heterocycles. The fourth-order valence-electron chi connectivity index (χ4n) is 3.60. The molecule has 4 rings (SSSR count). The second-order valence-electron chi connectivity index (χ2n) is 6.34. The van der Waals surface area contributed by atoms with Crippen molar-refractivity contribution in [3.63, 3.8) is 0 Å². The van der Waals surface area contributed by atoms with E-state index >= 15 is 0 Å². The fraction of sp³-hybridized carbons (Fsp3) is 0.200. The molecule has 1 aromatic heterocycles. The van der Waals surface area contributed by atoms with Gasteiger partial charge in [-0.2, -0.15) is 5.10 Å². The highest BCUT2D eigenvalue weighted by Gasteiger charge is 2.42. The highest BCUT2D eigenvalue weighted by Crippen LogP contribution is 2.41. The van der Waals surface area contributed by atoms with Gasteiger partial charge in [-0.25, -0.2) is 0 Å². The maximum absolute atomic E-state index is 13.1. The van der Waals surface area contributed by atoms with Crippen LogP contribution in [0.5, 0.6) is 0 Å². The Morgan fingerprint density at radius 2 is 1.76 bits per heavy atom. The van der Waals surface area contributed by atoms with E-state index < -0.39 is 0 Å². The van der Waals surface area contributed by atoms with E-state index in [0.717, 1.165) is 26.9 Å². The van der Waals surface area contributed by atoms with Crippen LogP contribution in [0.15, 0.2) is 59.1 Å². The quantitative estimate of drug-likeness (QED) is 0.665. The van der Waals surface area contributed by atoms with Crippen molar-refractivity contribution in [3.8, 4) is 0 Å². The van der Waals surface area contributed by atoms with Crippen molar-refractivity contribution in [2.45, 2.75) is 19.5 Å². The highest BCUT2D eigenvalue weighted by atomic mass is 79.9. The number of fused-ring (bicyclic) bond motifs is 1. The van der Waals surface area contributed by atoms with Crippen LogP contribution in [0.2, 0.25) is 0 Å². The maximum atomic E-state index is 13.1. The third kappa shape index (κ3) is 2.68. The lowest BCUT2D eigenvalue weighted by Gasteiger charge is -2.26. The monoisotopic (exact) mass is 395 g/mol. The first-order valence-electron chi connectivity index (χ1n) is 8.20. The van der Waals surface area contributed by atoms with Gasteiger partial charge in [-0.1, -0.05) is 58.4 Å². The number of amides is 1. The molecule has 25 heavy (non-hydrogen) atoms. The zero-order valence-electron chi connectivity index (χ0n) is 14.1. The summed E-state index contributed by atoms with van der Waals surface area (Å²) in [7, 11) is 1.84. The highest BCUT2D eigenvalue weighted by molar-refractivity contribution is 9.10. The number of carbonyl (C=O) groups excluding carboxylic acids is 1. The van der Waals surface area contributed by atoms with E-state index in [1.54, 1.807) is 4.68 Å². The normalized spacial score (nSPS) is 16.4. The molecule has 1 amide bonds. The molecule has 0 bridgehead atoms. The second kappa shape index (κ2) is 6.15. The number of halogens is 1. The van der Waals surface area contributed by atoms with Crippen molar-refractivity contribution in [2.24, 2.45) is 7.05 Å². The van der Waals surface area contributed by atoms with Gasteiger partial charge in [0.05, 0.1) is 11.7 Å². The minimum absolute atomic E-state index is 0.0369. The number of benzene rings is 2. The first-order chi connectivity index (χ1) is 12.1. The molecule has 0 radical (unpaired) electrons. The Labute approximate surface area is 155 Å². The van der Waals surface area contributed by atoms with Crippen LogP contribution in [-0.4, -0.2) is 20.6 Å². The van der Waals surface area contributed by atoms with Crippen molar-refractivity contribution >= 4 is 21.8 Å². The summed E-state index contributed by atoms with van der Waals surface area (Å²) in [5.41, 5.74) is 4.85. The lowest BCUT2D eigenvalue weighted by atomic mass is 9.99. The average Bonchev–Trinajstić information content (AvgIpc) is 3.06. The molecule has 1 atom stereocenters. The van der Waals surface area contributed by atoms with Gasteiger partial charge in [-0.05, 0) is 30.2 Å². The number of aromatic nitrogens is 2. The van der Waals surface area contributed by atoms with Gasteiger partial charge in [-0.15, -0.1) is 0 Å². The van der Waals surface area contributed by atoms with Crippen molar-refractivity contribution in [2.75, 3.05) is 0 Å². The molecule has 1 unspecified atom stereocenters. The van der Waals surface area contributed by atoms with E-state index in [1.165, 1.54) is 0 Å². The van der Waals surface area contributed by atoms with Crippen LogP contribution in [0.4, 0.5) is 0 Å². The summed E-state index contributed by atoms with van der Waals surface area (Å²) < 4.78 is 2.74. The first-order valence-corrected chi connectivity index (χ1v) is 8.99. The second-order valence-corrected chi connectivity index (χ2v) is 7.26. The van der Waals surface area contributed by atoms with Gasteiger partial charge in [0.2, 0.25) is 0 Å². The van der Waals surface area contributed by atoms with Crippen LogP contribution < -0.4 is 0 Å². The Balaban J connectivity index is 1.83. The van der Waals surface area contributed by atoms with Gasteiger partial charge in [0.25, 0.3) is 5.91 Å². The Kier molecular flexibility index (Phi) is 3.96. The minimum Gasteiger partial charge on any atom is -0.322 e. The first kappa shape index (κ1) is 16.1. The summed E-state index contributed by atoms with van der Waals surface area (Å²) >= 11 is 3.49. The molecule has 3 aromatic rings. The predicted molar refractivity (Wildman–Crippen MR) is 100 cm³/mol. The summed E-state index contributed by atoms with van der Waals surface area (Å²) in [6, 6.07) is 18.2. The van der Waals surface area contributed by atoms with E-state index in [9.17, 15) is 4.79 Å². The molecular formula is C20H18BrN3O. The molecule has 0 fully saturated rings. The van der Waals surface area contributed by atoms with E-state index in [0.29, 0.717) is 12.2 Å². The molecule has 0 aliphatic carbocycles. The topological polar surface area (TPSA) is 38.1 Å². The third-order valence-corrected chi connectivity index (χ3v) is 5.23. The van der Waals surface area contributed by atoms with Gasteiger partial charge in [0.15, 0.2) is 0 Å². The van der Waals surface area contributed by atoms with E-state index in [2.05, 4.69) is 45.3 Å². The van der Waals surface area contributed by atoms with Crippen LogP contribution in [0.3, 0.4) is 0 Å². The van der Waals surface area contributed by atoms with Crippen LogP contribution in [0, 0.1) is 6.92 Å². The number of carbonyl (C=O) groups is 1.